The topological polar surface area (TPSA) is 72.9 Å². The number of nitrogens with zero attached hydrogens (tertiary/aromatic N) is 2. The normalized spacial score (nSPS) is 27.6. The molecule has 2 heterocycles. The third-order valence-electron chi connectivity index (χ3n) is 4.37. The van der Waals surface area contributed by atoms with Crippen LogP contribution in [-0.4, -0.2) is 66.2 Å². The number of amides is 2. The van der Waals surface area contributed by atoms with Crippen molar-refractivity contribution in [2.24, 2.45) is 11.8 Å². The van der Waals surface area contributed by atoms with E-state index in [-0.39, 0.29) is 11.9 Å². The highest BCUT2D eigenvalue weighted by atomic mass is 16.4. The number of hydrogen-bond acceptors (Lipinski definition) is 3. The second-order valence-electron chi connectivity index (χ2n) is 5.96. The minimum Gasteiger partial charge on any atom is -0.481 e. The number of rotatable bonds is 4. The summed E-state index contributed by atoms with van der Waals surface area (Å²) in [5.41, 5.74) is 0. The Hall–Kier alpha value is -1.30. The molecule has 0 aromatic heterocycles. The number of nitrogens with one attached hydrogen (secondary N) is 1. The van der Waals surface area contributed by atoms with Crippen molar-refractivity contribution < 1.29 is 14.7 Å². The van der Waals surface area contributed by atoms with Crippen LogP contribution in [0.15, 0.2) is 0 Å². The van der Waals surface area contributed by atoms with E-state index in [9.17, 15) is 9.59 Å². The van der Waals surface area contributed by atoms with Gasteiger partial charge in [-0.25, -0.2) is 4.79 Å². The molecule has 2 amide bonds. The summed E-state index contributed by atoms with van der Waals surface area (Å²) in [6.45, 7) is 6.52. The summed E-state index contributed by atoms with van der Waals surface area (Å²) in [5, 5.41) is 12.0. The van der Waals surface area contributed by atoms with Crippen molar-refractivity contribution in [2.75, 3.05) is 39.3 Å². The first-order chi connectivity index (χ1) is 9.58. The molecular weight excluding hydrogens is 258 g/mol. The number of carboxylic acids is 1. The zero-order chi connectivity index (χ0) is 14.5. The Kier molecular flexibility index (Phi) is 5.23. The standard InChI is InChI=1S/C14H25N3O3/c1-11-9-17(10-12(11)13(18)19)14(20)15-5-8-16-6-3-2-4-7-16/h11-12H,2-10H2,1H3,(H,15,20)(H,18,19)/t11-,12-/m1/s1. The van der Waals surface area contributed by atoms with Crippen LogP contribution in [0, 0.1) is 11.8 Å². The SMILES string of the molecule is C[C@@H]1CN(C(=O)NCCN2CCCCC2)C[C@H]1C(=O)O. The summed E-state index contributed by atoms with van der Waals surface area (Å²) < 4.78 is 0. The molecule has 0 aromatic carbocycles. The third-order valence-corrected chi connectivity index (χ3v) is 4.37. The number of urea groups is 1. The predicted octanol–water partition coefficient (Wildman–Crippen LogP) is 0.834. The van der Waals surface area contributed by atoms with Crippen LogP contribution in [0.3, 0.4) is 0 Å². The van der Waals surface area contributed by atoms with Crippen LogP contribution in [0.25, 0.3) is 0 Å². The minimum absolute atomic E-state index is 0.0281. The Morgan fingerprint density at radius 1 is 1.20 bits per heavy atom. The van der Waals surface area contributed by atoms with Gasteiger partial charge in [-0.15, -0.1) is 0 Å². The molecule has 0 radical (unpaired) electrons. The largest absolute Gasteiger partial charge is 0.481 e. The first-order valence-corrected chi connectivity index (χ1v) is 7.56. The average Bonchev–Trinajstić information content (AvgIpc) is 2.82. The third kappa shape index (κ3) is 3.85. The van der Waals surface area contributed by atoms with Gasteiger partial charge < -0.3 is 20.2 Å². The van der Waals surface area contributed by atoms with Crippen LogP contribution >= 0.6 is 0 Å². The fourth-order valence-corrected chi connectivity index (χ4v) is 3.07. The zero-order valence-corrected chi connectivity index (χ0v) is 12.2. The molecular formula is C14H25N3O3. The van der Waals surface area contributed by atoms with E-state index < -0.39 is 11.9 Å². The Morgan fingerprint density at radius 2 is 1.90 bits per heavy atom. The van der Waals surface area contributed by atoms with E-state index in [0.717, 1.165) is 19.6 Å². The molecule has 2 N–H and O–H groups in total. The molecule has 0 aromatic rings. The maximum absolute atomic E-state index is 12.0. The molecule has 114 valence electrons. The van der Waals surface area contributed by atoms with E-state index >= 15 is 0 Å². The summed E-state index contributed by atoms with van der Waals surface area (Å²) in [5.74, 6) is -1.20. The number of carboxylic acid groups (broad SMARTS) is 1. The van der Waals surface area contributed by atoms with Gasteiger partial charge >= 0.3 is 12.0 Å². The first kappa shape index (κ1) is 15.1. The van der Waals surface area contributed by atoms with Crippen molar-refractivity contribution in [3.05, 3.63) is 0 Å². The van der Waals surface area contributed by atoms with Crippen LogP contribution in [0.5, 0.6) is 0 Å². The molecule has 0 spiro atoms. The van der Waals surface area contributed by atoms with Crippen molar-refractivity contribution in [2.45, 2.75) is 26.2 Å². The van der Waals surface area contributed by atoms with E-state index in [2.05, 4.69) is 10.2 Å². The number of carbonyl (C=O) groups excluding carboxylic acids is 1. The molecule has 0 bridgehead atoms. The van der Waals surface area contributed by atoms with Crippen molar-refractivity contribution >= 4 is 12.0 Å². The Labute approximate surface area is 120 Å². The van der Waals surface area contributed by atoms with Gasteiger partial charge in [0.2, 0.25) is 0 Å². The van der Waals surface area contributed by atoms with Crippen molar-refractivity contribution in [3.8, 4) is 0 Å². The lowest BCUT2D eigenvalue weighted by Gasteiger charge is -2.26. The van der Waals surface area contributed by atoms with Crippen LogP contribution < -0.4 is 5.32 Å². The summed E-state index contributed by atoms with van der Waals surface area (Å²) >= 11 is 0. The highest BCUT2D eigenvalue weighted by Crippen LogP contribution is 2.22. The molecule has 0 unspecified atom stereocenters. The number of carbonyl (C=O) groups is 2. The molecule has 2 aliphatic heterocycles. The molecule has 6 nitrogen and oxygen atoms in total. The molecule has 0 aliphatic carbocycles. The molecule has 2 rings (SSSR count). The number of piperidine rings is 1. The first-order valence-electron chi connectivity index (χ1n) is 7.56. The summed E-state index contributed by atoms with van der Waals surface area (Å²) in [6, 6.07) is -0.127. The van der Waals surface area contributed by atoms with Crippen LogP contribution in [0.1, 0.15) is 26.2 Å². The van der Waals surface area contributed by atoms with Gasteiger partial charge in [0.05, 0.1) is 5.92 Å². The number of aliphatic carboxylic acids is 1. The van der Waals surface area contributed by atoms with Crippen molar-refractivity contribution in [1.29, 1.82) is 0 Å². The summed E-state index contributed by atoms with van der Waals surface area (Å²) in [4.78, 5) is 27.0. The van der Waals surface area contributed by atoms with E-state index in [1.165, 1.54) is 19.3 Å². The van der Waals surface area contributed by atoms with Crippen LogP contribution in [-0.2, 0) is 4.79 Å². The van der Waals surface area contributed by atoms with Crippen LogP contribution in [0.4, 0.5) is 4.79 Å². The van der Waals surface area contributed by atoms with Crippen LogP contribution in [0.2, 0.25) is 0 Å². The molecule has 6 heteroatoms. The lowest BCUT2D eigenvalue weighted by atomic mass is 9.99. The predicted molar refractivity (Wildman–Crippen MR) is 75.6 cm³/mol. The van der Waals surface area contributed by atoms with Gasteiger partial charge in [0.15, 0.2) is 0 Å². The molecule has 0 saturated carbocycles. The van der Waals surface area contributed by atoms with Crippen molar-refractivity contribution in [3.63, 3.8) is 0 Å². The highest BCUT2D eigenvalue weighted by Gasteiger charge is 2.36. The lowest BCUT2D eigenvalue weighted by Crippen LogP contribution is -2.43. The van der Waals surface area contributed by atoms with Gasteiger partial charge in [0.25, 0.3) is 0 Å². The fourth-order valence-electron chi connectivity index (χ4n) is 3.07. The van der Waals surface area contributed by atoms with Crippen molar-refractivity contribution in [1.82, 2.24) is 15.1 Å². The maximum Gasteiger partial charge on any atom is 0.317 e. The van der Waals surface area contributed by atoms with Gasteiger partial charge in [0.1, 0.15) is 0 Å². The average molecular weight is 283 g/mol. The van der Waals surface area contributed by atoms with Gasteiger partial charge in [0, 0.05) is 26.2 Å². The van der Waals surface area contributed by atoms with E-state index in [1.54, 1.807) is 4.90 Å². The zero-order valence-electron chi connectivity index (χ0n) is 12.2. The Balaban J connectivity index is 1.68. The second kappa shape index (κ2) is 6.92. The molecule has 2 fully saturated rings. The highest BCUT2D eigenvalue weighted by molar-refractivity contribution is 5.77. The lowest BCUT2D eigenvalue weighted by molar-refractivity contribution is -0.142. The summed E-state index contributed by atoms with van der Waals surface area (Å²) in [6.07, 6.45) is 3.81. The smallest absolute Gasteiger partial charge is 0.317 e. The molecule has 2 aliphatic rings. The minimum atomic E-state index is -0.805. The maximum atomic E-state index is 12.0. The van der Waals surface area contributed by atoms with Gasteiger partial charge in [-0.3, -0.25) is 4.79 Å². The van der Waals surface area contributed by atoms with Gasteiger partial charge in [-0.2, -0.15) is 0 Å². The Morgan fingerprint density at radius 3 is 2.50 bits per heavy atom. The summed E-state index contributed by atoms with van der Waals surface area (Å²) in [7, 11) is 0. The van der Waals surface area contributed by atoms with E-state index in [4.69, 9.17) is 5.11 Å². The molecule has 2 saturated heterocycles. The molecule has 2 atom stereocenters. The second-order valence-corrected chi connectivity index (χ2v) is 5.96. The monoisotopic (exact) mass is 283 g/mol. The Bertz CT molecular complexity index is 356. The number of hydrogen-bond donors (Lipinski definition) is 2. The van der Waals surface area contributed by atoms with Gasteiger partial charge in [-0.1, -0.05) is 13.3 Å². The van der Waals surface area contributed by atoms with Gasteiger partial charge in [-0.05, 0) is 31.8 Å². The van der Waals surface area contributed by atoms with E-state index in [1.807, 2.05) is 6.92 Å². The van der Waals surface area contributed by atoms with E-state index in [0.29, 0.717) is 19.6 Å². The quantitative estimate of drug-likeness (QED) is 0.802. The molecule has 20 heavy (non-hydrogen) atoms. The fraction of sp³-hybridized carbons (Fsp3) is 0.857. The number of likely N-dealkylation sites (tertiary alicyclic amines) is 2.